The summed E-state index contributed by atoms with van der Waals surface area (Å²) in [5, 5.41) is 3.20. The summed E-state index contributed by atoms with van der Waals surface area (Å²) in [6, 6.07) is 5.45. The van der Waals surface area contributed by atoms with Gasteiger partial charge in [0.2, 0.25) is 11.8 Å². The lowest BCUT2D eigenvalue weighted by molar-refractivity contribution is -0.147. The number of piperidine rings is 1. The number of aliphatic imine (C=N–C) groups is 1. The molecule has 0 aromatic heterocycles. The van der Waals surface area contributed by atoms with Crippen molar-refractivity contribution in [2.75, 3.05) is 46.3 Å². The van der Waals surface area contributed by atoms with Crippen LogP contribution in [0.3, 0.4) is 0 Å². The first-order valence-electron chi connectivity index (χ1n) is 10.4. The molecule has 2 aliphatic heterocycles. The van der Waals surface area contributed by atoms with Gasteiger partial charge in [0, 0.05) is 65.7 Å². The van der Waals surface area contributed by atoms with Gasteiger partial charge in [0.15, 0.2) is 5.96 Å². The molecule has 32 heavy (non-hydrogen) atoms. The number of alkyl halides is 3. The lowest BCUT2D eigenvalue weighted by Gasteiger charge is -2.36. The molecule has 2 amide bonds. The normalized spacial score (nSPS) is 18.6. The summed E-state index contributed by atoms with van der Waals surface area (Å²) in [6.45, 7) is 3.95. The minimum absolute atomic E-state index is 0. The summed E-state index contributed by atoms with van der Waals surface area (Å²) in [5.74, 6) is 0.433. The summed E-state index contributed by atoms with van der Waals surface area (Å²) in [7, 11) is 1.68. The van der Waals surface area contributed by atoms with Crippen LogP contribution in [-0.2, 0) is 22.3 Å². The van der Waals surface area contributed by atoms with E-state index >= 15 is 0 Å². The number of amides is 2. The molecule has 2 saturated heterocycles. The Kier molecular flexibility index (Phi) is 9.74. The van der Waals surface area contributed by atoms with E-state index in [-0.39, 0.29) is 35.8 Å². The number of imide groups is 1. The zero-order valence-electron chi connectivity index (χ0n) is 18.0. The molecule has 11 heteroatoms. The first-order chi connectivity index (χ1) is 14.8. The van der Waals surface area contributed by atoms with Gasteiger partial charge in [-0.25, -0.2) is 0 Å². The number of halogens is 4. The highest BCUT2D eigenvalue weighted by atomic mass is 127. The topological polar surface area (TPSA) is 68.2 Å². The van der Waals surface area contributed by atoms with Crippen molar-refractivity contribution in [3.8, 4) is 0 Å². The van der Waals surface area contributed by atoms with Gasteiger partial charge in [0.05, 0.1) is 5.56 Å². The number of likely N-dealkylation sites (tertiary alicyclic amines) is 1. The van der Waals surface area contributed by atoms with Crippen LogP contribution in [0.25, 0.3) is 0 Å². The lowest BCUT2D eigenvalue weighted by atomic mass is 10.1. The quantitative estimate of drug-likeness (QED) is 0.257. The molecule has 1 N–H and O–H groups in total. The summed E-state index contributed by atoms with van der Waals surface area (Å²) >= 11 is 0. The van der Waals surface area contributed by atoms with Crippen molar-refractivity contribution >= 4 is 41.8 Å². The average Bonchev–Trinajstić information content (AvgIpc) is 2.73. The number of piperazine rings is 1. The SMILES string of the molecule is CN=C(NCCN1C(=O)CCCC1=O)N1CCN(Cc2cccc(C(F)(F)F)c2)CC1.I. The lowest BCUT2D eigenvalue weighted by Crippen LogP contribution is -2.53. The van der Waals surface area contributed by atoms with E-state index < -0.39 is 11.7 Å². The largest absolute Gasteiger partial charge is 0.416 e. The van der Waals surface area contributed by atoms with Gasteiger partial charge in [-0.05, 0) is 18.1 Å². The van der Waals surface area contributed by atoms with Crippen LogP contribution in [-0.4, -0.2) is 78.8 Å². The van der Waals surface area contributed by atoms with E-state index in [1.807, 2.05) is 0 Å². The van der Waals surface area contributed by atoms with E-state index in [0.29, 0.717) is 76.6 Å². The Morgan fingerprint density at radius 3 is 2.34 bits per heavy atom. The van der Waals surface area contributed by atoms with Crippen molar-refractivity contribution in [1.29, 1.82) is 0 Å². The molecule has 0 saturated carbocycles. The van der Waals surface area contributed by atoms with Crippen LogP contribution in [0.1, 0.15) is 30.4 Å². The predicted molar refractivity (Wildman–Crippen MR) is 126 cm³/mol. The van der Waals surface area contributed by atoms with E-state index in [4.69, 9.17) is 0 Å². The Labute approximate surface area is 203 Å². The van der Waals surface area contributed by atoms with Gasteiger partial charge in [-0.3, -0.25) is 24.4 Å². The minimum Gasteiger partial charge on any atom is -0.354 e. The van der Waals surface area contributed by atoms with E-state index in [1.54, 1.807) is 13.1 Å². The van der Waals surface area contributed by atoms with Crippen LogP contribution in [0.15, 0.2) is 29.3 Å². The molecule has 0 unspecified atom stereocenters. The second-order valence-corrected chi connectivity index (χ2v) is 7.73. The maximum Gasteiger partial charge on any atom is 0.416 e. The van der Waals surface area contributed by atoms with E-state index in [0.717, 1.165) is 6.07 Å². The van der Waals surface area contributed by atoms with Crippen molar-refractivity contribution in [1.82, 2.24) is 20.0 Å². The fourth-order valence-electron chi connectivity index (χ4n) is 3.88. The summed E-state index contributed by atoms with van der Waals surface area (Å²) in [5.41, 5.74) is 0.0144. The molecular weight excluding hydrogens is 538 g/mol. The van der Waals surface area contributed by atoms with Crippen LogP contribution in [0.2, 0.25) is 0 Å². The van der Waals surface area contributed by atoms with Crippen LogP contribution >= 0.6 is 24.0 Å². The van der Waals surface area contributed by atoms with Crippen LogP contribution in [0, 0.1) is 0 Å². The van der Waals surface area contributed by atoms with E-state index in [9.17, 15) is 22.8 Å². The number of hydrogen-bond donors (Lipinski definition) is 1. The number of nitrogens with zero attached hydrogens (tertiary/aromatic N) is 4. The standard InChI is InChI=1S/C21H28F3N5O2.HI/c1-25-20(26-8-9-29-18(30)6-3-7-19(29)31)28-12-10-27(11-13-28)15-16-4-2-5-17(14-16)21(22,23)24;/h2,4-5,14H,3,6-13,15H2,1H3,(H,25,26);1H. The third-order valence-corrected chi connectivity index (χ3v) is 5.55. The molecule has 2 aliphatic rings. The van der Waals surface area contributed by atoms with Gasteiger partial charge >= 0.3 is 6.18 Å². The van der Waals surface area contributed by atoms with Crippen LogP contribution in [0.5, 0.6) is 0 Å². The Bertz CT molecular complexity index is 810. The molecule has 7 nitrogen and oxygen atoms in total. The average molecular weight is 567 g/mol. The van der Waals surface area contributed by atoms with Gasteiger partial charge in [0.25, 0.3) is 0 Å². The smallest absolute Gasteiger partial charge is 0.354 e. The summed E-state index contributed by atoms with van der Waals surface area (Å²) < 4.78 is 38.7. The minimum atomic E-state index is -4.34. The van der Waals surface area contributed by atoms with Gasteiger partial charge in [-0.1, -0.05) is 18.2 Å². The Morgan fingerprint density at radius 1 is 1.09 bits per heavy atom. The second-order valence-electron chi connectivity index (χ2n) is 7.73. The van der Waals surface area contributed by atoms with Gasteiger partial charge < -0.3 is 10.2 Å². The molecule has 2 fully saturated rings. The number of nitrogens with one attached hydrogen (secondary N) is 1. The van der Waals surface area contributed by atoms with Crippen molar-refractivity contribution in [3.63, 3.8) is 0 Å². The fraction of sp³-hybridized carbons (Fsp3) is 0.571. The number of carbonyl (C=O) groups excluding carboxylic acids is 2. The van der Waals surface area contributed by atoms with Gasteiger partial charge in [-0.15, -0.1) is 24.0 Å². The molecule has 0 radical (unpaired) electrons. The number of rotatable bonds is 5. The van der Waals surface area contributed by atoms with Gasteiger partial charge in [0.1, 0.15) is 0 Å². The Balaban J connectivity index is 0.00000363. The van der Waals surface area contributed by atoms with Crippen LogP contribution in [0.4, 0.5) is 13.2 Å². The number of benzene rings is 1. The maximum atomic E-state index is 12.9. The molecule has 1 aromatic rings. The van der Waals surface area contributed by atoms with Crippen molar-refractivity contribution < 1.29 is 22.8 Å². The number of carbonyl (C=O) groups is 2. The highest BCUT2D eigenvalue weighted by Crippen LogP contribution is 2.29. The monoisotopic (exact) mass is 567 g/mol. The molecule has 0 aliphatic carbocycles. The van der Waals surface area contributed by atoms with Gasteiger partial charge in [-0.2, -0.15) is 13.2 Å². The second kappa shape index (κ2) is 11.8. The maximum absolute atomic E-state index is 12.9. The molecule has 0 bridgehead atoms. The third kappa shape index (κ3) is 7.06. The number of hydrogen-bond acceptors (Lipinski definition) is 4. The van der Waals surface area contributed by atoms with Crippen LogP contribution < -0.4 is 5.32 Å². The van der Waals surface area contributed by atoms with Crippen molar-refractivity contribution in [2.24, 2.45) is 4.99 Å². The first-order valence-corrected chi connectivity index (χ1v) is 10.4. The van der Waals surface area contributed by atoms with E-state index in [1.165, 1.54) is 17.0 Å². The molecule has 0 atom stereocenters. The predicted octanol–water partition coefficient (Wildman–Crippen LogP) is 2.56. The zero-order chi connectivity index (χ0) is 22.4. The summed E-state index contributed by atoms with van der Waals surface area (Å²) in [4.78, 5) is 33.5. The summed E-state index contributed by atoms with van der Waals surface area (Å²) in [6.07, 6.45) is -2.90. The molecule has 3 rings (SSSR count). The highest BCUT2D eigenvalue weighted by Gasteiger charge is 2.30. The Hall–Kier alpha value is -1.89. The molecule has 1 aromatic carbocycles. The fourth-order valence-corrected chi connectivity index (χ4v) is 3.88. The molecule has 178 valence electrons. The zero-order valence-corrected chi connectivity index (χ0v) is 20.4. The third-order valence-electron chi connectivity index (χ3n) is 5.55. The first kappa shape index (κ1) is 26.4. The Morgan fingerprint density at radius 2 is 1.75 bits per heavy atom. The molecule has 2 heterocycles. The van der Waals surface area contributed by atoms with E-state index in [2.05, 4.69) is 20.1 Å². The highest BCUT2D eigenvalue weighted by molar-refractivity contribution is 14.0. The van der Waals surface area contributed by atoms with Crippen molar-refractivity contribution in [2.45, 2.75) is 32.0 Å². The molecule has 0 spiro atoms. The number of guanidine groups is 1. The van der Waals surface area contributed by atoms with Crippen molar-refractivity contribution in [3.05, 3.63) is 35.4 Å². The molecular formula is C21H29F3IN5O2.